The summed E-state index contributed by atoms with van der Waals surface area (Å²) in [6.07, 6.45) is 2.72. The number of hydroxylamine groups is 1. The molecule has 1 rings (SSSR count). The molecule has 0 saturated heterocycles. The van der Waals surface area contributed by atoms with Crippen LogP contribution in [-0.2, 0) is 9.53 Å². The molecule has 1 amide bonds. The molecule has 0 bridgehead atoms. The predicted molar refractivity (Wildman–Crippen MR) is 73.7 cm³/mol. The Labute approximate surface area is 118 Å². The van der Waals surface area contributed by atoms with E-state index in [1.807, 2.05) is 6.92 Å². The van der Waals surface area contributed by atoms with Crippen LogP contribution in [0.2, 0.25) is 0 Å². The number of rotatable bonds is 8. The number of methoxy groups -OCH3 is 1. The topological polar surface area (TPSA) is 58.6 Å². The molecule has 2 N–H and O–H groups in total. The van der Waals surface area contributed by atoms with Gasteiger partial charge in [0, 0.05) is 13.0 Å². The quantitative estimate of drug-likeness (QED) is 0.569. The third kappa shape index (κ3) is 4.90. The Bertz CT molecular complexity index is 408. The van der Waals surface area contributed by atoms with Crippen LogP contribution in [0.1, 0.15) is 44.3 Å². The zero-order valence-corrected chi connectivity index (χ0v) is 11.9. The average molecular weight is 283 g/mol. The molecule has 4 nitrogen and oxygen atoms in total. The van der Waals surface area contributed by atoms with Gasteiger partial charge in [-0.25, -0.2) is 9.87 Å². The minimum Gasteiger partial charge on any atom is -0.377 e. The van der Waals surface area contributed by atoms with E-state index >= 15 is 0 Å². The van der Waals surface area contributed by atoms with Crippen molar-refractivity contribution in [1.82, 2.24) is 5.48 Å². The predicted octanol–water partition coefficient (Wildman–Crippen LogP) is 3.22. The molecule has 0 fully saturated rings. The molecule has 1 aromatic carbocycles. The number of benzene rings is 1. The van der Waals surface area contributed by atoms with E-state index in [-0.39, 0.29) is 17.8 Å². The van der Waals surface area contributed by atoms with Crippen molar-refractivity contribution in [3.63, 3.8) is 0 Å². The van der Waals surface area contributed by atoms with Gasteiger partial charge < -0.3 is 4.74 Å². The summed E-state index contributed by atoms with van der Waals surface area (Å²) in [6, 6.07) is 6.04. The van der Waals surface area contributed by atoms with Gasteiger partial charge in [0.15, 0.2) is 0 Å². The minimum absolute atomic E-state index is 0.297. The molecule has 0 spiro atoms. The highest BCUT2D eigenvalue weighted by atomic mass is 19.1. The summed E-state index contributed by atoms with van der Waals surface area (Å²) in [4.78, 5) is 11.7. The van der Waals surface area contributed by atoms with Gasteiger partial charge in [0.2, 0.25) is 5.91 Å². The van der Waals surface area contributed by atoms with Crippen LogP contribution in [0, 0.1) is 11.7 Å². The Morgan fingerprint density at radius 1 is 1.40 bits per heavy atom. The van der Waals surface area contributed by atoms with Gasteiger partial charge >= 0.3 is 0 Å². The number of amides is 1. The van der Waals surface area contributed by atoms with Crippen molar-refractivity contribution in [3.05, 3.63) is 35.6 Å². The van der Waals surface area contributed by atoms with E-state index in [0.717, 1.165) is 18.4 Å². The fourth-order valence-electron chi connectivity index (χ4n) is 2.20. The first-order chi connectivity index (χ1) is 9.62. The zero-order valence-electron chi connectivity index (χ0n) is 11.9. The standard InChI is InChI=1S/C15H22FNO3/c1-3-4-5-12(15(18)17-19)10-14(20-2)11-6-8-13(16)9-7-11/h6-9,12,14,19H,3-5,10H2,1-2H3,(H,17,18)/t12-,14+/m0/s1. The summed E-state index contributed by atoms with van der Waals surface area (Å²) in [6.45, 7) is 2.04. The number of hydrogen-bond donors (Lipinski definition) is 2. The van der Waals surface area contributed by atoms with Gasteiger partial charge in [-0.05, 0) is 30.5 Å². The van der Waals surface area contributed by atoms with Gasteiger partial charge in [0.25, 0.3) is 0 Å². The van der Waals surface area contributed by atoms with Gasteiger partial charge in [-0.2, -0.15) is 0 Å². The van der Waals surface area contributed by atoms with E-state index in [1.54, 1.807) is 24.7 Å². The van der Waals surface area contributed by atoms with Crippen LogP contribution in [0.15, 0.2) is 24.3 Å². The molecule has 2 atom stereocenters. The van der Waals surface area contributed by atoms with Crippen LogP contribution < -0.4 is 5.48 Å². The Morgan fingerprint density at radius 2 is 2.05 bits per heavy atom. The maximum atomic E-state index is 12.9. The number of unbranched alkanes of at least 4 members (excludes halogenated alkanes) is 1. The van der Waals surface area contributed by atoms with Crippen LogP contribution in [0.25, 0.3) is 0 Å². The summed E-state index contributed by atoms with van der Waals surface area (Å²) in [5.74, 6) is -1.03. The molecule has 0 aliphatic carbocycles. The number of nitrogens with one attached hydrogen (secondary N) is 1. The fraction of sp³-hybridized carbons (Fsp3) is 0.533. The fourth-order valence-corrected chi connectivity index (χ4v) is 2.20. The largest absolute Gasteiger partial charge is 0.377 e. The zero-order chi connectivity index (χ0) is 15.0. The maximum Gasteiger partial charge on any atom is 0.246 e. The molecular formula is C15H22FNO3. The van der Waals surface area contributed by atoms with Crippen molar-refractivity contribution in [3.8, 4) is 0 Å². The molecule has 0 radical (unpaired) electrons. The van der Waals surface area contributed by atoms with Crippen LogP contribution in [0.5, 0.6) is 0 Å². The van der Waals surface area contributed by atoms with Crippen LogP contribution >= 0.6 is 0 Å². The Hall–Kier alpha value is -1.46. The van der Waals surface area contributed by atoms with E-state index in [0.29, 0.717) is 12.8 Å². The molecule has 20 heavy (non-hydrogen) atoms. The SMILES string of the molecule is CCCC[C@@H](C[C@@H](OC)c1ccc(F)cc1)C(=O)NO. The summed E-state index contributed by atoms with van der Waals surface area (Å²) in [5, 5.41) is 8.81. The van der Waals surface area contributed by atoms with Crippen molar-refractivity contribution in [2.45, 2.75) is 38.7 Å². The second kappa shape index (κ2) is 8.66. The highest BCUT2D eigenvalue weighted by Gasteiger charge is 2.23. The Morgan fingerprint density at radius 3 is 2.55 bits per heavy atom. The van der Waals surface area contributed by atoms with E-state index in [4.69, 9.17) is 9.94 Å². The highest BCUT2D eigenvalue weighted by molar-refractivity contribution is 5.77. The number of carbonyl (C=O) groups is 1. The lowest BCUT2D eigenvalue weighted by Gasteiger charge is -2.21. The first kappa shape index (κ1) is 16.6. The van der Waals surface area contributed by atoms with Crippen molar-refractivity contribution in [2.24, 2.45) is 5.92 Å². The van der Waals surface area contributed by atoms with Gasteiger partial charge in [0.1, 0.15) is 5.82 Å². The second-order valence-corrected chi connectivity index (χ2v) is 4.83. The summed E-state index contributed by atoms with van der Waals surface area (Å²) >= 11 is 0. The van der Waals surface area contributed by atoms with Crippen molar-refractivity contribution in [2.75, 3.05) is 7.11 Å². The number of halogens is 1. The van der Waals surface area contributed by atoms with Crippen LogP contribution in [-0.4, -0.2) is 18.2 Å². The first-order valence-electron chi connectivity index (χ1n) is 6.84. The van der Waals surface area contributed by atoms with E-state index in [9.17, 15) is 9.18 Å². The molecule has 0 aliphatic rings. The minimum atomic E-state index is -0.400. The molecule has 1 aromatic rings. The Balaban J connectivity index is 2.76. The lowest BCUT2D eigenvalue weighted by molar-refractivity contribution is -0.135. The second-order valence-electron chi connectivity index (χ2n) is 4.83. The normalized spacial score (nSPS) is 13.8. The number of carbonyl (C=O) groups excluding carboxylic acids is 1. The molecule has 5 heteroatoms. The molecule has 0 heterocycles. The van der Waals surface area contributed by atoms with Gasteiger partial charge in [-0.3, -0.25) is 10.0 Å². The van der Waals surface area contributed by atoms with Crippen LogP contribution in [0.3, 0.4) is 0 Å². The van der Waals surface area contributed by atoms with Crippen molar-refractivity contribution < 1.29 is 19.1 Å². The molecular weight excluding hydrogens is 261 g/mol. The molecule has 0 saturated carbocycles. The van der Waals surface area contributed by atoms with Gasteiger partial charge in [-0.1, -0.05) is 31.9 Å². The number of hydrogen-bond acceptors (Lipinski definition) is 3. The van der Waals surface area contributed by atoms with Gasteiger partial charge in [0.05, 0.1) is 6.10 Å². The van der Waals surface area contributed by atoms with Crippen molar-refractivity contribution in [1.29, 1.82) is 0 Å². The van der Waals surface area contributed by atoms with Crippen molar-refractivity contribution >= 4 is 5.91 Å². The molecule has 112 valence electrons. The third-order valence-corrected chi connectivity index (χ3v) is 3.41. The summed E-state index contributed by atoms with van der Waals surface area (Å²) in [7, 11) is 1.56. The van der Waals surface area contributed by atoms with E-state index in [2.05, 4.69) is 0 Å². The van der Waals surface area contributed by atoms with E-state index < -0.39 is 5.91 Å². The molecule has 0 aromatic heterocycles. The van der Waals surface area contributed by atoms with Gasteiger partial charge in [-0.15, -0.1) is 0 Å². The molecule has 0 aliphatic heterocycles. The monoisotopic (exact) mass is 283 g/mol. The van der Waals surface area contributed by atoms with Crippen LogP contribution in [0.4, 0.5) is 4.39 Å². The maximum absolute atomic E-state index is 12.9. The number of ether oxygens (including phenoxy) is 1. The smallest absolute Gasteiger partial charge is 0.246 e. The lowest BCUT2D eigenvalue weighted by Crippen LogP contribution is -2.29. The molecule has 0 unspecified atom stereocenters. The first-order valence-corrected chi connectivity index (χ1v) is 6.84. The summed E-state index contributed by atoms with van der Waals surface area (Å²) in [5.41, 5.74) is 2.53. The summed E-state index contributed by atoms with van der Waals surface area (Å²) < 4.78 is 18.3. The lowest BCUT2D eigenvalue weighted by atomic mass is 9.92. The average Bonchev–Trinajstić information content (AvgIpc) is 2.48. The Kier molecular flexibility index (Phi) is 7.18. The third-order valence-electron chi connectivity index (χ3n) is 3.41. The highest BCUT2D eigenvalue weighted by Crippen LogP contribution is 2.27. The van der Waals surface area contributed by atoms with E-state index in [1.165, 1.54) is 12.1 Å².